The number of hydrogen-bond donors (Lipinski definition) is 0. The molecule has 3 aromatic carbocycles. The topological polar surface area (TPSA) is 78.9 Å². The van der Waals surface area contributed by atoms with Crippen molar-refractivity contribution in [2.45, 2.75) is 11.3 Å². The van der Waals surface area contributed by atoms with Crippen LogP contribution in [0, 0.1) is 11.8 Å². The molecule has 0 saturated carbocycles. The van der Waals surface area contributed by atoms with Crippen LogP contribution < -0.4 is 9.47 Å². The van der Waals surface area contributed by atoms with Gasteiger partial charge in [-0.15, -0.1) is 0 Å². The normalized spacial score (nSPS) is 9.95. The molecule has 0 bridgehead atoms. The van der Waals surface area contributed by atoms with Crippen LogP contribution in [-0.2, 0) is 14.3 Å². The third-order valence-corrected chi connectivity index (χ3v) is 6.66. The molecule has 0 unspecified atom stereocenters. The van der Waals surface area contributed by atoms with E-state index in [0.717, 1.165) is 34.0 Å². The number of esters is 1. The van der Waals surface area contributed by atoms with Gasteiger partial charge in [-0.2, -0.15) is 0 Å². The van der Waals surface area contributed by atoms with Crippen LogP contribution in [0.1, 0.15) is 27.9 Å². The summed E-state index contributed by atoms with van der Waals surface area (Å²) in [5.41, 5.74) is 2.21. The number of thioether (sulfide) groups is 2. The highest BCUT2D eigenvalue weighted by Gasteiger charge is 2.09. The van der Waals surface area contributed by atoms with E-state index in [9.17, 15) is 14.4 Å². The van der Waals surface area contributed by atoms with Gasteiger partial charge in [0, 0.05) is 27.3 Å². The Hall–Kier alpha value is -4.19. The zero-order valence-electron chi connectivity index (χ0n) is 21.1. The zero-order valence-corrected chi connectivity index (χ0v) is 22.7. The van der Waals surface area contributed by atoms with Crippen molar-refractivity contribution in [2.75, 3.05) is 19.0 Å². The monoisotopic (exact) mass is 558 g/mol. The van der Waals surface area contributed by atoms with Gasteiger partial charge in [0.05, 0.1) is 25.9 Å². The second-order valence-electron chi connectivity index (χ2n) is 7.69. The quantitative estimate of drug-likeness (QED) is 0.0640. The number of hydrogen-bond acceptors (Lipinski definition) is 8. The van der Waals surface area contributed by atoms with E-state index < -0.39 is 5.97 Å². The van der Waals surface area contributed by atoms with Crippen molar-refractivity contribution in [3.8, 4) is 23.3 Å². The first-order valence-electron chi connectivity index (χ1n) is 11.9. The molecule has 0 saturated heterocycles. The molecule has 198 valence electrons. The molecule has 3 aromatic rings. The molecule has 0 aliphatic heterocycles. The van der Waals surface area contributed by atoms with Gasteiger partial charge in [0.25, 0.3) is 0 Å². The molecule has 0 amide bonds. The molecule has 0 fully saturated rings. The molecular weight excluding hydrogens is 532 g/mol. The van der Waals surface area contributed by atoms with Crippen LogP contribution in [0.2, 0.25) is 0 Å². The molecule has 0 atom stereocenters. The summed E-state index contributed by atoms with van der Waals surface area (Å²) in [4.78, 5) is 35.9. The predicted molar refractivity (Wildman–Crippen MR) is 155 cm³/mol. The first-order valence-corrected chi connectivity index (χ1v) is 13.7. The molecule has 0 aliphatic carbocycles. The molecule has 3 rings (SSSR count). The summed E-state index contributed by atoms with van der Waals surface area (Å²) in [5.74, 6) is 7.65. The van der Waals surface area contributed by atoms with E-state index in [1.807, 2.05) is 48.5 Å². The van der Waals surface area contributed by atoms with Gasteiger partial charge in [0.1, 0.15) is 11.5 Å². The molecule has 0 radical (unpaired) electrons. The van der Waals surface area contributed by atoms with Gasteiger partial charge < -0.3 is 14.2 Å². The second kappa shape index (κ2) is 15.9. The fourth-order valence-electron chi connectivity index (χ4n) is 3.00. The van der Waals surface area contributed by atoms with E-state index in [1.54, 1.807) is 24.3 Å². The van der Waals surface area contributed by atoms with E-state index in [2.05, 4.69) is 29.7 Å². The first kappa shape index (κ1) is 29.4. The maximum absolute atomic E-state index is 12.6. The highest BCUT2D eigenvalue weighted by atomic mass is 32.2. The summed E-state index contributed by atoms with van der Waals surface area (Å²) in [7, 11) is 0. The van der Waals surface area contributed by atoms with E-state index in [1.165, 1.54) is 17.8 Å². The van der Waals surface area contributed by atoms with Crippen LogP contribution in [0.5, 0.6) is 11.5 Å². The van der Waals surface area contributed by atoms with Crippen molar-refractivity contribution in [1.82, 2.24) is 0 Å². The Bertz CT molecular complexity index is 1350. The van der Waals surface area contributed by atoms with Crippen LogP contribution in [-0.4, -0.2) is 35.2 Å². The molecular formula is C31H26O6S2. The van der Waals surface area contributed by atoms with E-state index in [0.29, 0.717) is 29.4 Å². The van der Waals surface area contributed by atoms with Gasteiger partial charge in [-0.1, -0.05) is 36.8 Å². The largest absolute Gasteiger partial charge is 0.493 e. The van der Waals surface area contributed by atoms with Gasteiger partial charge in [-0.3, -0.25) is 14.4 Å². The average molecular weight is 559 g/mol. The van der Waals surface area contributed by atoms with Crippen LogP contribution >= 0.6 is 23.5 Å². The van der Waals surface area contributed by atoms with Crippen molar-refractivity contribution in [1.29, 1.82) is 0 Å². The van der Waals surface area contributed by atoms with E-state index in [4.69, 9.17) is 9.47 Å². The predicted octanol–water partition coefficient (Wildman–Crippen LogP) is 6.30. The Kier molecular flexibility index (Phi) is 12.0. The maximum Gasteiger partial charge on any atom is 0.314 e. The van der Waals surface area contributed by atoms with Crippen molar-refractivity contribution in [3.05, 3.63) is 115 Å². The van der Waals surface area contributed by atoms with Crippen molar-refractivity contribution < 1.29 is 28.6 Å². The Morgan fingerprint density at radius 3 is 1.92 bits per heavy atom. The minimum Gasteiger partial charge on any atom is -0.493 e. The molecule has 0 aromatic heterocycles. The van der Waals surface area contributed by atoms with Crippen LogP contribution in [0.3, 0.4) is 0 Å². The van der Waals surface area contributed by atoms with Gasteiger partial charge in [0.2, 0.25) is 10.2 Å². The summed E-state index contributed by atoms with van der Waals surface area (Å²) < 4.78 is 15.7. The number of rotatable bonds is 12. The molecule has 0 aliphatic rings. The zero-order chi connectivity index (χ0) is 27.9. The highest BCUT2D eigenvalue weighted by molar-refractivity contribution is 8.14. The lowest BCUT2D eigenvalue weighted by atomic mass is 10.2. The molecule has 0 spiro atoms. The van der Waals surface area contributed by atoms with Crippen molar-refractivity contribution in [3.63, 3.8) is 0 Å². The lowest BCUT2D eigenvalue weighted by Crippen LogP contribution is -2.07. The van der Waals surface area contributed by atoms with Crippen LogP contribution in [0.4, 0.5) is 0 Å². The standard InChI is InChI=1S/C31H26O6S2/c1-3-30(33)38-22-21-37-26-13-7-23(8-14-26)5-6-24-9-17-28(18-10-24)39-31(34)25-11-15-27(16-12-25)36-20-19-29(32)35-4-2/h3-4,7-18H,1-2,19-22H2. The van der Waals surface area contributed by atoms with Crippen molar-refractivity contribution in [2.24, 2.45) is 0 Å². The lowest BCUT2D eigenvalue weighted by molar-refractivity contribution is -0.138. The third kappa shape index (κ3) is 10.6. The maximum atomic E-state index is 12.6. The fraction of sp³-hybridized carbons (Fsp3) is 0.129. The first-order chi connectivity index (χ1) is 19.0. The molecule has 8 heteroatoms. The minimum atomic E-state index is -0.420. The van der Waals surface area contributed by atoms with Gasteiger partial charge in [-0.25, -0.2) is 0 Å². The summed E-state index contributed by atoms with van der Waals surface area (Å²) in [6, 6.07) is 21.6. The Morgan fingerprint density at radius 1 is 0.769 bits per heavy atom. The molecule has 0 N–H and O–H groups in total. The van der Waals surface area contributed by atoms with Gasteiger partial charge in [0.15, 0.2) is 0 Å². The Morgan fingerprint density at radius 2 is 1.33 bits per heavy atom. The number of ether oxygens (including phenoxy) is 3. The third-order valence-electron chi connectivity index (χ3n) is 4.91. The summed E-state index contributed by atoms with van der Waals surface area (Å²) in [6.07, 6.45) is 2.47. The van der Waals surface area contributed by atoms with Crippen molar-refractivity contribution >= 4 is 39.7 Å². The molecule has 39 heavy (non-hydrogen) atoms. The minimum absolute atomic E-state index is 0.0674. The van der Waals surface area contributed by atoms with E-state index in [-0.39, 0.29) is 23.3 Å². The Labute approximate surface area is 236 Å². The number of benzene rings is 3. The van der Waals surface area contributed by atoms with Crippen LogP contribution in [0.25, 0.3) is 0 Å². The molecule has 6 nitrogen and oxygen atoms in total. The fourth-order valence-corrected chi connectivity index (χ4v) is 4.23. The van der Waals surface area contributed by atoms with Gasteiger partial charge in [-0.05, 0) is 90.6 Å². The van der Waals surface area contributed by atoms with Gasteiger partial charge >= 0.3 is 5.97 Å². The summed E-state index contributed by atoms with van der Waals surface area (Å²) in [6.45, 7) is 7.36. The smallest absolute Gasteiger partial charge is 0.314 e. The summed E-state index contributed by atoms with van der Waals surface area (Å²) in [5, 5.41) is -0.162. The van der Waals surface area contributed by atoms with E-state index >= 15 is 0 Å². The molecule has 0 heterocycles. The number of carbonyl (C=O) groups excluding carboxylic acids is 3. The lowest BCUT2D eigenvalue weighted by Gasteiger charge is -2.06. The summed E-state index contributed by atoms with van der Waals surface area (Å²) >= 11 is 2.30. The second-order valence-corrected chi connectivity index (χ2v) is 9.83. The number of carbonyl (C=O) groups is 3. The highest BCUT2D eigenvalue weighted by Crippen LogP contribution is 2.24. The average Bonchev–Trinajstić information content (AvgIpc) is 2.96. The van der Waals surface area contributed by atoms with Crippen LogP contribution in [0.15, 0.2) is 103 Å². The SMILES string of the molecule is C=COC(=O)CCOc1ccc(C(=O)Sc2ccc(C#Cc3ccc(OCCSC(=O)C=C)cc3)cc2)cc1. The Balaban J connectivity index is 1.46.